The fourth-order valence-electron chi connectivity index (χ4n) is 2.94. The first-order chi connectivity index (χ1) is 13.3. The van der Waals surface area contributed by atoms with Crippen LogP contribution in [0.15, 0.2) is 66.7 Å². The number of aromatic nitrogens is 2. The van der Waals surface area contributed by atoms with Gasteiger partial charge in [0.2, 0.25) is 0 Å². The summed E-state index contributed by atoms with van der Waals surface area (Å²) >= 11 is 0. The first-order valence-corrected chi connectivity index (χ1v) is 8.32. The molecular formula is C21H13F3N2O2. The van der Waals surface area contributed by atoms with Crippen LogP contribution in [-0.2, 0) is 6.18 Å². The minimum absolute atomic E-state index is 0.209. The van der Waals surface area contributed by atoms with Crippen molar-refractivity contribution in [3.63, 3.8) is 0 Å². The number of hydrogen-bond acceptors (Lipinski definition) is 2. The Morgan fingerprint density at radius 3 is 2.00 bits per heavy atom. The zero-order chi connectivity index (χ0) is 19.9. The van der Waals surface area contributed by atoms with Gasteiger partial charge in [-0.3, -0.25) is 0 Å². The molecule has 3 aromatic carbocycles. The molecule has 4 nitrogen and oxygen atoms in total. The summed E-state index contributed by atoms with van der Waals surface area (Å²) in [6.45, 7) is 0. The highest BCUT2D eigenvalue weighted by Gasteiger charge is 2.30. The van der Waals surface area contributed by atoms with Crippen molar-refractivity contribution < 1.29 is 23.1 Å². The van der Waals surface area contributed by atoms with Crippen molar-refractivity contribution >= 4 is 17.0 Å². The molecule has 0 saturated heterocycles. The predicted octanol–water partition coefficient (Wildman–Crippen LogP) is 5.61. The Morgan fingerprint density at radius 1 is 0.857 bits per heavy atom. The molecular weight excluding hydrogens is 369 g/mol. The van der Waals surface area contributed by atoms with Crippen LogP contribution in [0.4, 0.5) is 13.2 Å². The summed E-state index contributed by atoms with van der Waals surface area (Å²) in [5.74, 6) is -0.512. The Balaban J connectivity index is 1.64. The van der Waals surface area contributed by atoms with Crippen LogP contribution >= 0.6 is 0 Å². The van der Waals surface area contributed by atoms with Gasteiger partial charge in [-0.05, 0) is 41.5 Å². The van der Waals surface area contributed by atoms with E-state index in [1.807, 2.05) is 24.3 Å². The maximum Gasteiger partial charge on any atom is 0.416 e. The summed E-state index contributed by atoms with van der Waals surface area (Å²) in [5.41, 5.74) is 2.72. The van der Waals surface area contributed by atoms with E-state index in [1.54, 1.807) is 12.1 Å². The van der Waals surface area contributed by atoms with Crippen LogP contribution in [0.3, 0.4) is 0 Å². The lowest BCUT2D eigenvalue weighted by molar-refractivity contribution is -0.137. The molecule has 7 heteroatoms. The monoisotopic (exact) mass is 382 g/mol. The van der Waals surface area contributed by atoms with Crippen LogP contribution in [0.2, 0.25) is 0 Å². The van der Waals surface area contributed by atoms with Crippen molar-refractivity contribution in [2.24, 2.45) is 0 Å². The summed E-state index contributed by atoms with van der Waals surface area (Å²) in [6.07, 6.45) is -4.41. The number of nitrogens with zero attached hydrogens (tertiary/aromatic N) is 1. The van der Waals surface area contributed by atoms with Gasteiger partial charge in [0.1, 0.15) is 5.82 Å². The van der Waals surface area contributed by atoms with Gasteiger partial charge in [0.25, 0.3) is 0 Å². The number of benzene rings is 3. The van der Waals surface area contributed by atoms with Crippen LogP contribution in [0.5, 0.6) is 0 Å². The zero-order valence-corrected chi connectivity index (χ0v) is 14.3. The number of H-pyrrole nitrogens is 1. The predicted molar refractivity (Wildman–Crippen MR) is 98.9 cm³/mol. The third kappa shape index (κ3) is 3.34. The number of carboxylic acids is 1. The Bertz CT molecular complexity index is 1160. The minimum Gasteiger partial charge on any atom is -0.478 e. The highest BCUT2D eigenvalue weighted by Crippen LogP contribution is 2.32. The average molecular weight is 382 g/mol. The number of halogens is 3. The Kier molecular flexibility index (Phi) is 4.15. The standard InChI is InChI=1S/C21H13F3N2O2/c22-21(23,24)16-9-10-17-18(11-16)26-19(25-17)14-5-1-12(2-6-14)13-3-7-15(8-4-13)20(27)28/h1-11H,(H,25,26)(H,27,28). The Hall–Kier alpha value is -3.61. The quantitative estimate of drug-likeness (QED) is 0.484. The fourth-order valence-corrected chi connectivity index (χ4v) is 2.94. The third-order valence-electron chi connectivity index (χ3n) is 4.43. The van der Waals surface area contributed by atoms with E-state index in [0.29, 0.717) is 11.3 Å². The molecule has 0 aliphatic heterocycles. The van der Waals surface area contributed by atoms with E-state index in [4.69, 9.17) is 5.11 Å². The first-order valence-electron chi connectivity index (χ1n) is 8.32. The fraction of sp³-hybridized carbons (Fsp3) is 0.0476. The van der Waals surface area contributed by atoms with E-state index < -0.39 is 17.7 Å². The van der Waals surface area contributed by atoms with Crippen molar-refractivity contribution in [1.82, 2.24) is 9.97 Å². The van der Waals surface area contributed by atoms with Gasteiger partial charge in [0, 0.05) is 5.56 Å². The molecule has 140 valence electrons. The summed E-state index contributed by atoms with van der Waals surface area (Å²) < 4.78 is 38.5. The van der Waals surface area contributed by atoms with Gasteiger partial charge in [-0.15, -0.1) is 0 Å². The molecule has 4 aromatic rings. The summed E-state index contributed by atoms with van der Waals surface area (Å²) in [6, 6.07) is 17.2. The van der Waals surface area contributed by atoms with Crippen molar-refractivity contribution in [3.8, 4) is 22.5 Å². The van der Waals surface area contributed by atoms with Gasteiger partial charge < -0.3 is 10.1 Å². The van der Waals surface area contributed by atoms with Crippen molar-refractivity contribution in [2.75, 3.05) is 0 Å². The molecule has 28 heavy (non-hydrogen) atoms. The van der Waals surface area contributed by atoms with Gasteiger partial charge in [0.15, 0.2) is 0 Å². The van der Waals surface area contributed by atoms with Crippen molar-refractivity contribution in [1.29, 1.82) is 0 Å². The maximum absolute atomic E-state index is 12.8. The molecule has 4 rings (SSSR count). The van der Waals surface area contributed by atoms with Gasteiger partial charge in [-0.2, -0.15) is 13.2 Å². The second-order valence-corrected chi connectivity index (χ2v) is 6.27. The van der Waals surface area contributed by atoms with E-state index in [9.17, 15) is 18.0 Å². The average Bonchev–Trinajstić information content (AvgIpc) is 3.11. The van der Waals surface area contributed by atoms with E-state index >= 15 is 0 Å². The number of imidazole rings is 1. The second-order valence-electron chi connectivity index (χ2n) is 6.27. The van der Waals surface area contributed by atoms with Crippen LogP contribution < -0.4 is 0 Å². The second kappa shape index (κ2) is 6.53. The Labute approximate surface area is 157 Å². The largest absolute Gasteiger partial charge is 0.478 e. The van der Waals surface area contributed by atoms with E-state index in [1.165, 1.54) is 18.2 Å². The molecule has 1 heterocycles. The zero-order valence-electron chi connectivity index (χ0n) is 14.3. The SMILES string of the molecule is O=C(O)c1ccc(-c2ccc(-c3nc4cc(C(F)(F)F)ccc4[nH]3)cc2)cc1. The smallest absolute Gasteiger partial charge is 0.416 e. The molecule has 0 unspecified atom stereocenters. The lowest BCUT2D eigenvalue weighted by Gasteiger charge is -2.04. The number of aromatic carboxylic acids is 1. The molecule has 0 spiro atoms. The maximum atomic E-state index is 12.8. The normalized spacial score (nSPS) is 11.7. The van der Waals surface area contributed by atoms with Gasteiger partial charge >= 0.3 is 12.1 Å². The van der Waals surface area contributed by atoms with Crippen LogP contribution in [0.1, 0.15) is 15.9 Å². The molecule has 1 aromatic heterocycles. The molecule has 0 saturated carbocycles. The number of carbonyl (C=O) groups is 1. The first kappa shape index (κ1) is 17.8. The van der Waals surface area contributed by atoms with Crippen LogP contribution in [0.25, 0.3) is 33.5 Å². The number of nitrogens with one attached hydrogen (secondary N) is 1. The van der Waals surface area contributed by atoms with Crippen molar-refractivity contribution in [3.05, 3.63) is 77.9 Å². The molecule has 0 amide bonds. The number of alkyl halides is 3. The molecule has 0 atom stereocenters. The van der Waals surface area contributed by atoms with E-state index in [2.05, 4.69) is 9.97 Å². The highest BCUT2D eigenvalue weighted by molar-refractivity contribution is 5.88. The topological polar surface area (TPSA) is 66.0 Å². The number of aromatic amines is 1. The molecule has 0 aliphatic rings. The third-order valence-corrected chi connectivity index (χ3v) is 4.43. The molecule has 0 bridgehead atoms. The number of carboxylic acid groups (broad SMARTS) is 1. The summed E-state index contributed by atoms with van der Waals surface area (Å²) in [7, 11) is 0. The summed E-state index contributed by atoms with van der Waals surface area (Å²) in [4.78, 5) is 18.2. The molecule has 2 N–H and O–H groups in total. The van der Waals surface area contributed by atoms with Crippen molar-refractivity contribution in [2.45, 2.75) is 6.18 Å². The van der Waals surface area contributed by atoms with Crippen LogP contribution in [0, 0.1) is 0 Å². The van der Waals surface area contributed by atoms with Crippen LogP contribution in [-0.4, -0.2) is 21.0 Å². The summed E-state index contributed by atoms with van der Waals surface area (Å²) in [5, 5.41) is 8.96. The van der Waals surface area contributed by atoms with E-state index in [-0.39, 0.29) is 11.1 Å². The number of fused-ring (bicyclic) bond motifs is 1. The molecule has 0 aliphatic carbocycles. The molecule has 0 fully saturated rings. The number of hydrogen-bond donors (Lipinski definition) is 2. The minimum atomic E-state index is -4.41. The number of rotatable bonds is 3. The highest BCUT2D eigenvalue weighted by atomic mass is 19.4. The lowest BCUT2D eigenvalue weighted by atomic mass is 10.0. The van der Waals surface area contributed by atoms with Gasteiger partial charge in [0.05, 0.1) is 22.2 Å². The Morgan fingerprint density at radius 2 is 1.43 bits per heavy atom. The lowest BCUT2D eigenvalue weighted by Crippen LogP contribution is -2.04. The molecule has 0 radical (unpaired) electrons. The van der Waals surface area contributed by atoms with Gasteiger partial charge in [-0.25, -0.2) is 9.78 Å². The van der Waals surface area contributed by atoms with E-state index in [0.717, 1.165) is 28.8 Å². The van der Waals surface area contributed by atoms with Gasteiger partial charge in [-0.1, -0.05) is 36.4 Å².